The molecule has 1 saturated heterocycles. The zero-order valence-electron chi connectivity index (χ0n) is 15.6. The van der Waals surface area contributed by atoms with Gasteiger partial charge in [0.1, 0.15) is 0 Å². The topological polar surface area (TPSA) is 53.2 Å². The summed E-state index contributed by atoms with van der Waals surface area (Å²) in [5, 5.41) is 9.96. The van der Waals surface area contributed by atoms with Gasteiger partial charge in [-0.3, -0.25) is 0 Å². The highest BCUT2D eigenvalue weighted by Crippen LogP contribution is 2.23. The number of carbonyl (C=O) groups excluding carboxylic acids is 1. The van der Waals surface area contributed by atoms with Gasteiger partial charge in [0, 0.05) is 23.3 Å². The lowest BCUT2D eigenvalue weighted by Crippen LogP contribution is -2.39. The first-order valence-electron chi connectivity index (χ1n) is 9.77. The van der Waals surface area contributed by atoms with Crippen LogP contribution in [-0.2, 0) is 6.42 Å². The summed E-state index contributed by atoms with van der Waals surface area (Å²) in [7, 11) is 0. The molecule has 2 aromatic rings. The molecule has 1 heterocycles. The molecule has 2 aromatic carbocycles. The molecule has 0 aromatic heterocycles. The van der Waals surface area contributed by atoms with Crippen molar-refractivity contribution in [1.29, 1.82) is 0 Å². The van der Waals surface area contributed by atoms with Crippen LogP contribution in [0.4, 0.5) is 10.5 Å². The summed E-state index contributed by atoms with van der Waals surface area (Å²) in [5.74, 6) is 0.748. The van der Waals surface area contributed by atoms with E-state index in [1.165, 1.54) is 24.8 Å². The molecule has 0 aliphatic carbocycles. The average molecular weight is 386 g/mol. The van der Waals surface area contributed by atoms with Crippen LogP contribution in [0.3, 0.4) is 0 Å². The maximum atomic E-state index is 11.9. The van der Waals surface area contributed by atoms with E-state index < -0.39 is 0 Å². The minimum Gasteiger partial charge on any atom is -0.338 e. The Morgan fingerprint density at radius 1 is 1.15 bits per heavy atom. The maximum absolute atomic E-state index is 11.9. The summed E-state index contributed by atoms with van der Waals surface area (Å²) in [5.41, 5.74) is 2.14. The molecule has 0 bridgehead atoms. The third-order valence-corrected chi connectivity index (χ3v) is 5.30. The molecule has 3 rings (SSSR count). The van der Waals surface area contributed by atoms with Gasteiger partial charge in [-0.25, -0.2) is 4.79 Å². The number of halogens is 1. The standard InChI is InChI=1S/C22H28ClN3O/c23-19-8-4-9-21(16-19)26-22(27)25-12-5-10-20-15-18(11-13-24-20)14-17-6-2-1-3-7-17/h1-4,6-9,16,18,20,24H,5,10-15H2,(H2,25,26,27)/t18-,20-/m0/s1. The fraction of sp³-hybridized carbons (Fsp3) is 0.409. The van der Waals surface area contributed by atoms with Gasteiger partial charge in [-0.2, -0.15) is 0 Å². The van der Waals surface area contributed by atoms with Crippen molar-refractivity contribution in [2.24, 2.45) is 5.92 Å². The first-order chi connectivity index (χ1) is 13.2. The summed E-state index contributed by atoms with van der Waals surface area (Å²) in [4.78, 5) is 11.9. The van der Waals surface area contributed by atoms with Crippen LogP contribution in [0.5, 0.6) is 0 Å². The Morgan fingerprint density at radius 3 is 2.81 bits per heavy atom. The van der Waals surface area contributed by atoms with Crippen molar-refractivity contribution in [2.75, 3.05) is 18.4 Å². The Kier molecular flexibility index (Phi) is 7.55. The normalized spacial score (nSPS) is 19.4. The van der Waals surface area contributed by atoms with Gasteiger partial charge in [-0.15, -0.1) is 0 Å². The molecular weight excluding hydrogens is 358 g/mol. The van der Waals surface area contributed by atoms with Gasteiger partial charge in [0.05, 0.1) is 0 Å². The lowest BCUT2D eigenvalue weighted by molar-refractivity contribution is 0.250. The molecule has 0 saturated carbocycles. The van der Waals surface area contributed by atoms with E-state index in [1.807, 2.05) is 12.1 Å². The minimum absolute atomic E-state index is 0.184. The molecule has 1 fully saturated rings. The molecule has 144 valence electrons. The van der Waals surface area contributed by atoms with E-state index >= 15 is 0 Å². The number of benzene rings is 2. The van der Waals surface area contributed by atoms with E-state index in [4.69, 9.17) is 11.6 Å². The predicted octanol–water partition coefficient (Wildman–Crippen LogP) is 4.85. The largest absolute Gasteiger partial charge is 0.338 e. The number of carbonyl (C=O) groups is 1. The van der Waals surface area contributed by atoms with Crippen molar-refractivity contribution in [1.82, 2.24) is 10.6 Å². The number of urea groups is 1. The number of anilines is 1. The number of rotatable bonds is 7. The van der Waals surface area contributed by atoms with Crippen LogP contribution in [0.2, 0.25) is 5.02 Å². The highest BCUT2D eigenvalue weighted by atomic mass is 35.5. The van der Waals surface area contributed by atoms with Crippen molar-refractivity contribution >= 4 is 23.3 Å². The van der Waals surface area contributed by atoms with Crippen LogP contribution >= 0.6 is 11.6 Å². The molecule has 2 amide bonds. The van der Waals surface area contributed by atoms with Gasteiger partial charge >= 0.3 is 6.03 Å². The smallest absolute Gasteiger partial charge is 0.319 e. The first-order valence-corrected chi connectivity index (χ1v) is 10.1. The monoisotopic (exact) mass is 385 g/mol. The molecule has 0 unspecified atom stereocenters. The second kappa shape index (κ2) is 10.3. The molecule has 27 heavy (non-hydrogen) atoms. The molecular formula is C22H28ClN3O. The summed E-state index contributed by atoms with van der Waals surface area (Å²) in [6, 6.07) is 18.3. The van der Waals surface area contributed by atoms with E-state index in [0.29, 0.717) is 23.3 Å². The average Bonchev–Trinajstić information content (AvgIpc) is 2.66. The lowest BCUT2D eigenvalue weighted by Gasteiger charge is -2.30. The number of hydrogen-bond donors (Lipinski definition) is 3. The third-order valence-electron chi connectivity index (χ3n) is 5.07. The molecule has 1 aliphatic rings. The van der Waals surface area contributed by atoms with E-state index in [1.54, 1.807) is 12.1 Å². The van der Waals surface area contributed by atoms with Crippen molar-refractivity contribution < 1.29 is 4.79 Å². The number of nitrogens with one attached hydrogen (secondary N) is 3. The van der Waals surface area contributed by atoms with Crippen LogP contribution in [-0.4, -0.2) is 25.2 Å². The second-order valence-electron chi connectivity index (χ2n) is 7.26. The molecule has 2 atom stereocenters. The van der Waals surface area contributed by atoms with Crippen molar-refractivity contribution in [3.63, 3.8) is 0 Å². The van der Waals surface area contributed by atoms with Crippen molar-refractivity contribution in [2.45, 2.75) is 38.1 Å². The van der Waals surface area contributed by atoms with Gasteiger partial charge in [0.2, 0.25) is 0 Å². The van der Waals surface area contributed by atoms with Gasteiger partial charge in [-0.1, -0.05) is 48.0 Å². The summed E-state index contributed by atoms with van der Waals surface area (Å²) >= 11 is 5.93. The van der Waals surface area contributed by atoms with Gasteiger partial charge in [0.15, 0.2) is 0 Å². The van der Waals surface area contributed by atoms with Gasteiger partial charge in [0.25, 0.3) is 0 Å². The van der Waals surface area contributed by atoms with Crippen molar-refractivity contribution in [3.05, 3.63) is 65.2 Å². The Labute approximate surface area is 166 Å². The van der Waals surface area contributed by atoms with Crippen LogP contribution < -0.4 is 16.0 Å². The van der Waals surface area contributed by atoms with Gasteiger partial charge in [-0.05, 0) is 68.3 Å². The molecule has 5 heteroatoms. The van der Waals surface area contributed by atoms with Crippen LogP contribution in [0, 0.1) is 5.92 Å². The quantitative estimate of drug-likeness (QED) is 0.596. The van der Waals surface area contributed by atoms with E-state index in [2.05, 4.69) is 46.3 Å². The Hall–Kier alpha value is -2.04. The molecule has 0 spiro atoms. The van der Waals surface area contributed by atoms with Crippen LogP contribution in [0.15, 0.2) is 54.6 Å². The van der Waals surface area contributed by atoms with Crippen LogP contribution in [0.1, 0.15) is 31.2 Å². The first kappa shape index (κ1) is 19.7. The number of piperidine rings is 1. The lowest BCUT2D eigenvalue weighted by atomic mass is 9.86. The molecule has 4 nitrogen and oxygen atoms in total. The van der Waals surface area contributed by atoms with Gasteiger partial charge < -0.3 is 16.0 Å². The highest BCUT2D eigenvalue weighted by molar-refractivity contribution is 6.30. The Morgan fingerprint density at radius 2 is 2.00 bits per heavy atom. The third kappa shape index (κ3) is 6.89. The molecule has 3 N–H and O–H groups in total. The van der Waals surface area contributed by atoms with E-state index in [0.717, 1.165) is 25.3 Å². The van der Waals surface area contributed by atoms with Crippen LogP contribution in [0.25, 0.3) is 0 Å². The zero-order chi connectivity index (χ0) is 18.9. The number of hydrogen-bond acceptors (Lipinski definition) is 2. The zero-order valence-corrected chi connectivity index (χ0v) is 16.3. The predicted molar refractivity (Wildman–Crippen MR) is 112 cm³/mol. The fourth-order valence-corrected chi connectivity index (χ4v) is 3.93. The van der Waals surface area contributed by atoms with E-state index in [9.17, 15) is 4.79 Å². The fourth-order valence-electron chi connectivity index (χ4n) is 3.74. The summed E-state index contributed by atoms with van der Waals surface area (Å²) in [6.45, 7) is 1.76. The minimum atomic E-state index is -0.184. The Balaban J connectivity index is 1.33. The summed E-state index contributed by atoms with van der Waals surface area (Å²) < 4.78 is 0. The SMILES string of the molecule is O=C(NCCC[C@H]1C[C@H](Cc2ccccc2)CCN1)Nc1cccc(Cl)c1. The molecule has 1 aliphatic heterocycles. The number of amides is 2. The summed E-state index contributed by atoms with van der Waals surface area (Å²) in [6.07, 6.45) is 5.68. The van der Waals surface area contributed by atoms with E-state index in [-0.39, 0.29) is 6.03 Å². The Bertz CT molecular complexity index is 723. The van der Waals surface area contributed by atoms with Crippen molar-refractivity contribution in [3.8, 4) is 0 Å². The highest BCUT2D eigenvalue weighted by Gasteiger charge is 2.21. The maximum Gasteiger partial charge on any atom is 0.319 e. The second-order valence-corrected chi connectivity index (χ2v) is 7.70. The molecule has 0 radical (unpaired) electrons.